The van der Waals surface area contributed by atoms with E-state index in [-0.39, 0.29) is 41.2 Å². The highest BCUT2D eigenvalue weighted by Crippen LogP contribution is 2.38. The number of ketones is 3. The van der Waals surface area contributed by atoms with Gasteiger partial charge in [-0.1, -0.05) is 0 Å². The minimum Gasteiger partial charge on any atom is -0.465 e. The van der Waals surface area contributed by atoms with Gasteiger partial charge in [0, 0.05) is 16.7 Å². The monoisotopic (exact) mass is 400 g/mol. The van der Waals surface area contributed by atoms with Gasteiger partial charge in [-0.15, -0.1) is 0 Å². The molecule has 0 radical (unpaired) electrons. The van der Waals surface area contributed by atoms with Crippen LogP contribution in [0.2, 0.25) is 0 Å². The van der Waals surface area contributed by atoms with Crippen molar-refractivity contribution in [3.63, 3.8) is 0 Å². The summed E-state index contributed by atoms with van der Waals surface area (Å²) in [5, 5.41) is 0. The minimum absolute atomic E-state index is 0.00216. The van der Waals surface area contributed by atoms with Crippen LogP contribution in [0.4, 0.5) is 0 Å². The molecule has 0 N–H and O–H groups in total. The molecule has 0 spiro atoms. The van der Waals surface area contributed by atoms with E-state index in [2.05, 4.69) is 0 Å². The highest BCUT2D eigenvalue weighted by atomic mass is 16.6. The Morgan fingerprint density at radius 2 is 1.45 bits per heavy atom. The molecule has 1 aliphatic carbocycles. The second-order valence-electron chi connectivity index (χ2n) is 6.23. The predicted molar refractivity (Wildman–Crippen MR) is 94.9 cm³/mol. The van der Waals surface area contributed by atoms with Gasteiger partial charge in [-0.05, 0) is 32.9 Å². The van der Waals surface area contributed by atoms with Crippen LogP contribution >= 0.6 is 0 Å². The van der Waals surface area contributed by atoms with E-state index in [0.717, 1.165) is 13.0 Å². The number of carbonyl (C=O) groups excluding carboxylic acids is 6. The summed E-state index contributed by atoms with van der Waals surface area (Å²) in [6.07, 6.45) is 0. The number of cyclic esters (lactones) is 1. The molecule has 3 rings (SSSR count). The van der Waals surface area contributed by atoms with Crippen molar-refractivity contribution in [3.8, 4) is 0 Å². The Kier molecular flexibility index (Phi) is 5.15. The van der Waals surface area contributed by atoms with E-state index in [1.54, 1.807) is 6.92 Å². The maximum absolute atomic E-state index is 12.6. The van der Waals surface area contributed by atoms with E-state index in [9.17, 15) is 28.8 Å². The molecule has 9 heteroatoms. The predicted octanol–water partition coefficient (Wildman–Crippen LogP) is 1.28. The standard InChI is InChI=1S/C20H16O9/c1-4-27-19(25)13(8(3)21)17-11-6-9-10(7-12(11)18(24)29-17)16(23)14(15(9)22)20(26)28-5-2/h6-7,14H,4-5H2,1-3H3/b17-13+. The molecular formula is C20H16O9. The maximum Gasteiger partial charge on any atom is 0.345 e. The van der Waals surface area contributed by atoms with Crippen LogP contribution in [-0.4, -0.2) is 48.5 Å². The Hall–Kier alpha value is -3.62. The SMILES string of the molecule is CCOC(=O)/C(C(C)=O)=C1/OC(=O)c2cc3c(cc21)C(=O)C(C(=O)OCC)C3=O. The lowest BCUT2D eigenvalue weighted by Gasteiger charge is -2.08. The Bertz CT molecular complexity index is 1030. The molecule has 0 saturated heterocycles. The molecule has 9 nitrogen and oxygen atoms in total. The number of esters is 3. The van der Waals surface area contributed by atoms with Crippen molar-refractivity contribution in [3.05, 3.63) is 40.0 Å². The smallest absolute Gasteiger partial charge is 0.345 e. The largest absolute Gasteiger partial charge is 0.465 e. The molecule has 29 heavy (non-hydrogen) atoms. The Labute approximate surface area is 164 Å². The number of carbonyl (C=O) groups is 6. The lowest BCUT2D eigenvalue weighted by molar-refractivity contribution is -0.144. The molecule has 1 unspecified atom stereocenters. The van der Waals surface area contributed by atoms with Crippen molar-refractivity contribution in [2.24, 2.45) is 5.92 Å². The Morgan fingerprint density at radius 3 is 1.97 bits per heavy atom. The molecule has 0 saturated carbocycles. The molecule has 1 atom stereocenters. The quantitative estimate of drug-likeness (QED) is 0.236. The minimum atomic E-state index is -1.65. The number of fused-ring (bicyclic) bond motifs is 2. The van der Waals surface area contributed by atoms with Crippen molar-refractivity contribution < 1.29 is 43.0 Å². The second-order valence-corrected chi connectivity index (χ2v) is 6.23. The number of ether oxygens (including phenoxy) is 3. The molecule has 150 valence electrons. The van der Waals surface area contributed by atoms with Gasteiger partial charge in [0.2, 0.25) is 0 Å². The van der Waals surface area contributed by atoms with Crippen molar-refractivity contribution in [1.29, 1.82) is 0 Å². The lowest BCUT2D eigenvalue weighted by atomic mass is 9.97. The molecule has 0 fully saturated rings. The molecule has 2 aliphatic rings. The second kappa shape index (κ2) is 7.42. The highest BCUT2D eigenvalue weighted by molar-refractivity contribution is 6.35. The molecular weight excluding hydrogens is 384 g/mol. The first-order valence-electron chi connectivity index (χ1n) is 8.80. The van der Waals surface area contributed by atoms with E-state index in [1.165, 1.54) is 13.0 Å². The van der Waals surface area contributed by atoms with Crippen LogP contribution in [0, 0.1) is 5.92 Å². The van der Waals surface area contributed by atoms with Crippen LogP contribution in [0.1, 0.15) is 57.4 Å². The summed E-state index contributed by atoms with van der Waals surface area (Å²) in [5.74, 6) is -7.13. The summed E-state index contributed by atoms with van der Waals surface area (Å²) < 4.78 is 14.7. The van der Waals surface area contributed by atoms with E-state index < -0.39 is 46.7 Å². The van der Waals surface area contributed by atoms with Gasteiger partial charge >= 0.3 is 17.9 Å². The third-order valence-electron chi connectivity index (χ3n) is 4.45. The van der Waals surface area contributed by atoms with Gasteiger partial charge in [-0.25, -0.2) is 9.59 Å². The van der Waals surface area contributed by atoms with E-state index in [4.69, 9.17) is 14.2 Å². The van der Waals surface area contributed by atoms with Gasteiger partial charge in [-0.2, -0.15) is 0 Å². The summed E-state index contributed by atoms with van der Waals surface area (Å²) in [6, 6.07) is 2.30. The summed E-state index contributed by atoms with van der Waals surface area (Å²) in [4.78, 5) is 73.6. The number of rotatable bonds is 5. The van der Waals surface area contributed by atoms with Crippen molar-refractivity contribution in [2.45, 2.75) is 20.8 Å². The third kappa shape index (κ3) is 3.14. The summed E-state index contributed by atoms with van der Waals surface area (Å²) in [6.45, 7) is 4.16. The Balaban J connectivity index is 2.17. The van der Waals surface area contributed by atoms with E-state index >= 15 is 0 Å². The van der Waals surface area contributed by atoms with Crippen molar-refractivity contribution in [2.75, 3.05) is 13.2 Å². The first-order chi connectivity index (χ1) is 13.7. The zero-order chi connectivity index (χ0) is 21.5. The number of hydrogen-bond donors (Lipinski definition) is 0. The summed E-state index contributed by atoms with van der Waals surface area (Å²) >= 11 is 0. The molecule has 1 aromatic rings. The third-order valence-corrected chi connectivity index (χ3v) is 4.45. The normalized spacial score (nSPS) is 18.7. The van der Waals surface area contributed by atoms with E-state index in [0.29, 0.717) is 0 Å². The molecule has 1 aromatic carbocycles. The van der Waals surface area contributed by atoms with Crippen molar-refractivity contribution >= 4 is 41.0 Å². The van der Waals surface area contributed by atoms with Crippen LogP contribution in [0.3, 0.4) is 0 Å². The van der Waals surface area contributed by atoms with Crippen molar-refractivity contribution in [1.82, 2.24) is 0 Å². The Morgan fingerprint density at radius 1 is 0.897 bits per heavy atom. The van der Waals surface area contributed by atoms with Gasteiger partial charge in [0.15, 0.2) is 29.0 Å². The molecule has 0 bridgehead atoms. The summed E-state index contributed by atoms with van der Waals surface area (Å²) in [7, 11) is 0. The zero-order valence-corrected chi connectivity index (χ0v) is 15.8. The molecule has 1 heterocycles. The van der Waals surface area contributed by atoms with Crippen LogP contribution < -0.4 is 0 Å². The average Bonchev–Trinajstić information content (AvgIpc) is 3.09. The fourth-order valence-electron chi connectivity index (χ4n) is 3.22. The van der Waals surface area contributed by atoms with Gasteiger partial charge < -0.3 is 14.2 Å². The summed E-state index contributed by atoms with van der Waals surface area (Å²) in [5.41, 5.74) is -0.831. The number of hydrogen-bond acceptors (Lipinski definition) is 9. The first-order valence-corrected chi connectivity index (χ1v) is 8.80. The highest BCUT2D eigenvalue weighted by Gasteiger charge is 2.47. The van der Waals surface area contributed by atoms with Crippen LogP contribution in [0.25, 0.3) is 5.76 Å². The maximum atomic E-state index is 12.6. The fraction of sp³-hybridized carbons (Fsp3) is 0.300. The fourth-order valence-corrected chi connectivity index (χ4v) is 3.22. The average molecular weight is 400 g/mol. The van der Waals surface area contributed by atoms with E-state index in [1.807, 2.05) is 0 Å². The number of Topliss-reactive ketones (excluding diaryl/α,β-unsaturated/α-hetero) is 3. The van der Waals surface area contributed by atoms with Crippen LogP contribution in [-0.2, 0) is 28.6 Å². The molecule has 1 aliphatic heterocycles. The lowest BCUT2D eigenvalue weighted by Crippen LogP contribution is -2.27. The van der Waals surface area contributed by atoms with Gasteiger partial charge in [-0.3, -0.25) is 19.2 Å². The van der Waals surface area contributed by atoms with Gasteiger partial charge in [0.05, 0.1) is 18.8 Å². The molecule has 0 amide bonds. The topological polar surface area (TPSA) is 130 Å². The number of benzene rings is 1. The molecule has 0 aromatic heterocycles. The first kappa shape index (κ1) is 20.1. The zero-order valence-electron chi connectivity index (χ0n) is 15.8. The van der Waals surface area contributed by atoms with Gasteiger partial charge in [0.25, 0.3) is 0 Å². The van der Waals surface area contributed by atoms with Crippen LogP contribution in [0.5, 0.6) is 0 Å². The van der Waals surface area contributed by atoms with Crippen LogP contribution in [0.15, 0.2) is 17.7 Å². The van der Waals surface area contributed by atoms with Gasteiger partial charge in [0.1, 0.15) is 5.57 Å².